The van der Waals surface area contributed by atoms with Crippen molar-refractivity contribution in [2.75, 3.05) is 0 Å². The summed E-state index contributed by atoms with van der Waals surface area (Å²) in [6.07, 6.45) is -1.04. The SMILES string of the molecule is CC1CCC2C(CCCC(=O)C1)CC[C@]1(C)C(C(=O)NC(c3ccc(OC(F)(F)F)cc3)c3ccc(OC(F)(F)F)cc3)CCC21. The first-order valence-corrected chi connectivity index (χ1v) is 16.1. The molecule has 0 aliphatic heterocycles. The predicted octanol–water partition coefficient (Wildman–Crippen LogP) is 9.31. The van der Waals surface area contributed by atoms with Crippen molar-refractivity contribution >= 4 is 11.7 Å². The van der Waals surface area contributed by atoms with Gasteiger partial charge in [0.1, 0.15) is 17.3 Å². The molecule has 2 aromatic carbocycles. The van der Waals surface area contributed by atoms with Crippen LogP contribution in [0.3, 0.4) is 0 Å². The van der Waals surface area contributed by atoms with Crippen molar-refractivity contribution in [1.82, 2.24) is 5.32 Å². The number of hydrogen-bond acceptors (Lipinski definition) is 4. The minimum Gasteiger partial charge on any atom is -0.406 e. The number of hydrogen-bond donors (Lipinski definition) is 1. The molecule has 1 amide bonds. The Bertz CT molecular complexity index is 1300. The highest BCUT2D eigenvalue weighted by atomic mass is 19.4. The van der Waals surface area contributed by atoms with Crippen LogP contribution in [0.5, 0.6) is 11.5 Å². The van der Waals surface area contributed by atoms with Crippen LogP contribution in [0.1, 0.15) is 95.2 Å². The number of amides is 1. The van der Waals surface area contributed by atoms with Crippen molar-refractivity contribution in [3.8, 4) is 11.5 Å². The van der Waals surface area contributed by atoms with E-state index in [0.717, 1.165) is 69.2 Å². The van der Waals surface area contributed by atoms with Crippen LogP contribution in [0.25, 0.3) is 0 Å². The standard InChI is InChI=1S/C35H41F6NO4/c1-21-6-15-28-22(4-3-5-25(43)20-21)18-19-33(2)29(28)16-17-30(33)32(44)42-31(23-7-11-26(12-8-23)45-34(36,37)38)24-9-13-27(14-10-24)46-35(39,40)41/h7-14,21-22,28-31H,3-6,15-20H2,1-2H3,(H,42,44)/t21?,22?,28?,29?,30?,33-/m0/s1. The van der Waals surface area contributed by atoms with Crippen LogP contribution in [0, 0.1) is 35.0 Å². The van der Waals surface area contributed by atoms with Gasteiger partial charge in [0.25, 0.3) is 0 Å². The van der Waals surface area contributed by atoms with E-state index in [-0.39, 0.29) is 17.2 Å². The number of ketones is 1. The average molecular weight is 654 g/mol. The molecule has 0 aromatic heterocycles. The largest absolute Gasteiger partial charge is 0.573 e. The second kappa shape index (κ2) is 13.5. The third-order valence-corrected chi connectivity index (χ3v) is 10.7. The quantitative estimate of drug-likeness (QED) is 0.316. The first-order valence-electron chi connectivity index (χ1n) is 16.1. The smallest absolute Gasteiger partial charge is 0.406 e. The Balaban J connectivity index is 1.38. The maximum Gasteiger partial charge on any atom is 0.573 e. The minimum absolute atomic E-state index is 0.182. The number of benzene rings is 2. The number of Topliss-reactive ketones (excluding diaryl/α,β-unsaturated/α-hetero) is 1. The molecular formula is C35H41F6NO4. The second-order valence-electron chi connectivity index (χ2n) is 13.7. The molecule has 252 valence electrons. The summed E-state index contributed by atoms with van der Waals surface area (Å²) in [6.45, 7) is 4.35. The lowest BCUT2D eigenvalue weighted by Crippen LogP contribution is -2.46. The van der Waals surface area contributed by atoms with Gasteiger partial charge >= 0.3 is 12.7 Å². The van der Waals surface area contributed by atoms with E-state index in [1.807, 2.05) is 0 Å². The number of halogens is 6. The molecule has 3 saturated carbocycles. The molecule has 3 aliphatic carbocycles. The molecule has 1 N–H and O–H groups in total. The molecule has 5 nitrogen and oxygen atoms in total. The van der Waals surface area contributed by atoms with Crippen LogP contribution in [0.4, 0.5) is 26.3 Å². The van der Waals surface area contributed by atoms with Gasteiger partial charge in [0.15, 0.2) is 0 Å². The molecule has 5 rings (SSSR count). The molecule has 46 heavy (non-hydrogen) atoms. The minimum atomic E-state index is -4.87. The van der Waals surface area contributed by atoms with Crippen molar-refractivity contribution in [2.45, 2.75) is 96.8 Å². The van der Waals surface area contributed by atoms with Gasteiger partial charge in [0.2, 0.25) is 5.91 Å². The van der Waals surface area contributed by atoms with E-state index >= 15 is 0 Å². The Morgan fingerprint density at radius 3 is 1.93 bits per heavy atom. The molecule has 0 radical (unpaired) electrons. The zero-order valence-corrected chi connectivity index (χ0v) is 26.1. The third kappa shape index (κ3) is 8.18. The van der Waals surface area contributed by atoms with Crippen molar-refractivity contribution in [3.63, 3.8) is 0 Å². The lowest BCUT2D eigenvalue weighted by atomic mass is 9.56. The molecule has 0 bridgehead atoms. The first kappa shape index (κ1) is 34.1. The number of alkyl halides is 6. The predicted molar refractivity (Wildman–Crippen MR) is 159 cm³/mol. The summed E-state index contributed by atoms with van der Waals surface area (Å²) >= 11 is 0. The Kier molecular flexibility index (Phi) is 9.99. The van der Waals surface area contributed by atoms with E-state index in [2.05, 4.69) is 28.6 Å². The van der Waals surface area contributed by atoms with Gasteiger partial charge in [-0.05, 0) is 109 Å². The monoisotopic (exact) mass is 653 g/mol. The lowest BCUT2D eigenvalue weighted by molar-refractivity contribution is -0.275. The Labute approximate surface area is 265 Å². The number of carbonyl (C=O) groups is 2. The Morgan fingerprint density at radius 1 is 0.826 bits per heavy atom. The number of rotatable bonds is 6. The summed E-state index contributed by atoms with van der Waals surface area (Å²) in [7, 11) is 0. The van der Waals surface area contributed by atoms with E-state index in [4.69, 9.17) is 0 Å². The van der Waals surface area contributed by atoms with Gasteiger partial charge in [0, 0.05) is 18.8 Å². The molecule has 11 heteroatoms. The van der Waals surface area contributed by atoms with Crippen LogP contribution >= 0.6 is 0 Å². The highest BCUT2D eigenvalue weighted by Gasteiger charge is 2.55. The van der Waals surface area contributed by atoms with Crippen LogP contribution in [-0.2, 0) is 9.59 Å². The molecule has 0 heterocycles. The number of carbonyl (C=O) groups excluding carboxylic acids is 2. The summed E-state index contributed by atoms with van der Waals surface area (Å²) in [5, 5.41) is 3.11. The van der Waals surface area contributed by atoms with Crippen LogP contribution < -0.4 is 14.8 Å². The van der Waals surface area contributed by atoms with Gasteiger partial charge in [0.05, 0.1) is 6.04 Å². The third-order valence-electron chi connectivity index (χ3n) is 10.7. The maximum atomic E-state index is 14.1. The zero-order valence-electron chi connectivity index (χ0n) is 26.1. The van der Waals surface area contributed by atoms with Crippen molar-refractivity contribution in [2.24, 2.45) is 35.0 Å². The lowest BCUT2D eigenvalue weighted by Gasteiger charge is -2.49. The van der Waals surface area contributed by atoms with Crippen LogP contribution in [0.2, 0.25) is 0 Å². The van der Waals surface area contributed by atoms with Gasteiger partial charge in [-0.25, -0.2) is 0 Å². The summed E-state index contributed by atoms with van der Waals surface area (Å²) in [6, 6.07) is 9.36. The van der Waals surface area contributed by atoms with E-state index in [9.17, 15) is 35.9 Å². The Morgan fingerprint density at radius 2 is 1.39 bits per heavy atom. The number of nitrogens with one attached hydrogen (secondary N) is 1. The summed E-state index contributed by atoms with van der Waals surface area (Å²) in [5.74, 6) is 0.719. The normalized spacial score (nSPS) is 29.1. The van der Waals surface area contributed by atoms with Crippen molar-refractivity contribution < 1.29 is 45.4 Å². The molecule has 5 unspecified atom stereocenters. The molecule has 6 atom stereocenters. The Hall–Kier alpha value is -3.24. The van der Waals surface area contributed by atoms with Crippen LogP contribution in [-0.4, -0.2) is 24.4 Å². The van der Waals surface area contributed by atoms with Gasteiger partial charge < -0.3 is 14.8 Å². The van der Waals surface area contributed by atoms with E-state index in [1.54, 1.807) is 0 Å². The first-order chi connectivity index (χ1) is 21.6. The molecule has 3 aliphatic rings. The fraction of sp³-hybridized carbons (Fsp3) is 0.600. The van der Waals surface area contributed by atoms with Gasteiger partial charge in [-0.1, -0.05) is 44.5 Å². The number of ether oxygens (including phenoxy) is 2. The molecule has 3 fully saturated rings. The zero-order chi connectivity index (χ0) is 33.3. The average Bonchev–Trinajstić information content (AvgIpc) is 3.32. The molecule has 0 saturated heterocycles. The molecular weight excluding hydrogens is 612 g/mol. The van der Waals surface area contributed by atoms with E-state index in [0.29, 0.717) is 59.8 Å². The fourth-order valence-corrected chi connectivity index (χ4v) is 8.55. The second-order valence-corrected chi connectivity index (χ2v) is 13.7. The number of fused-ring (bicyclic) bond motifs is 3. The highest BCUT2D eigenvalue weighted by molar-refractivity contribution is 5.81. The van der Waals surface area contributed by atoms with Gasteiger partial charge in [-0.15, -0.1) is 26.3 Å². The van der Waals surface area contributed by atoms with E-state index in [1.165, 1.54) is 24.3 Å². The maximum absolute atomic E-state index is 14.1. The van der Waals surface area contributed by atoms with E-state index < -0.39 is 30.3 Å². The summed E-state index contributed by atoms with van der Waals surface area (Å²) < 4.78 is 84.6. The summed E-state index contributed by atoms with van der Waals surface area (Å²) in [4.78, 5) is 26.5. The van der Waals surface area contributed by atoms with Gasteiger partial charge in [-0.3, -0.25) is 9.59 Å². The van der Waals surface area contributed by atoms with Crippen molar-refractivity contribution in [1.29, 1.82) is 0 Å². The fourth-order valence-electron chi connectivity index (χ4n) is 8.55. The summed E-state index contributed by atoms with van der Waals surface area (Å²) in [5.41, 5.74) is 0.659. The van der Waals surface area contributed by atoms with Crippen molar-refractivity contribution in [3.05, 3.63) is 59.7 Å². The van der Waals surface area contributed by atoms with Crippen LogP contribution in [0.15, 0.2) is 48.5 Å². The highest BCUT2D eigenvalue weighted by Crippen LogP contribution is 2.61. The van der Waals surface area contributed by atoms with Gasteiger partial charge in [-0.2, -0.15) is 0 Å². The molecule has 2 aromatic rings. The topological polar surface area (TPSA) is 64.6 Å². The molecule has 0 spiro atoms.